The molecule has 0 fully saturated rings. The molecule has 1 heterocycles. The topological polar surface area (TPSA) is 49.8 Å². The van der Waals surface area contributed by atoms with Gasteiger partial charge in [0.1, 0.15) is 18.0 Å². The van der Waals surface area contributed by atoms with Crippen LogP contribution in [0.15, 0.2) is 6.33 Å². The van der Waals surface area contributed by atoms with Gasteiger partial charge in [0.25, 0.3) is 0 Å². The van der Waals surface area contributed by atoms with Crippen LogP contribution in [0.4, 0.5) is 11.6 Å². The van der Waals surface area contributed by atoms with Crippen LogP contribution in [0.25, 0.3) is 0 Å². The number of aromatic nitrogens is 2. The molecular weight excluding hydrogens is 236 g/mol. The van der Waals surface area contributed by atoms with Gasteiger partial charge < -0.3 is 10.6 Å². The molecular formula is C15H28N4. The summed E-state index contributed by atoms with van der Waals surface area (Å²) in [7, 11) is 0. The van der Waals surface area contributed by atoms with Crippen LogP contribution in [-0.2, 0) is 0 Å². The van der Waals surface area contributed by atoms with Gasteiger partial charge in [-0.1, -0.05) is 34.6 Å². The van der Waals surface area contributed by atoms with Gasteiger partial charge >= 0.3 is 0 Å². The Hall–Kier alpha value is -1.32. The zero-order chi connectivity index (χ0) is 14.3. The summed E-state index contributed by atoms with van der Waals surface area (Å²) in [5.74, 6) is 2.36. The smallest absolute Gasteiger partial charge is 0.135 e. The highest BCUT2D eigenvalue weighted by Crippen LogP contribution is 2.29. The van der Waals surface area contributed by atoms with Crippen molar-refractivity contribution in [3.8, 4) is 0 Å². The van der Waals surface area contributed by atoms with E-state index in [1.54, 1.807) is 6.33 Å². The van der Waals surface area contributed by atoms with E-state index in [1.165, 1.54) is 5.56 Å². The molecule has 0 bridgehead atoms. The second kappa shape index (κ2) is 7.97. The molecule has 1 aromatic heterocycles. The molecule has 0 unspecified atom stereocenters. The minimum Gasteiger partial charge on any atom is -0.370 e. The maximum atomic E-state index is 4.44. The molecule has 0 atom stereocenters. The van der Waals surface area contributed by atoms with Crippen LogP contribution in [-0.4, -0.2) is 22.6 Å². The van der Waals surface area contributed by atoms with Crippen molar-refractivity contribution in [2.75, 3.05) is 17.2 Å². The fourth-order valence-corrected chi connectivity index (χ4v) is 2.13. The first-order chi connectivity index (χ1) is 9.13. The first kappa shape index (κ1) is 15.7. The maximum Gasteiger partial charge on any atom is 0.135 e. The second-order valence-electron chi connectivity index (χ2n) is 5.22. The largest absolute Gasteiger partial charge is 0.370 e. The predicted molar refractivity (Wildman–Crippen MR) is 82.9 cm³/mol. The van der Waals surface area contributed by atoms with E-state index in [9.17, 15) is 0 Å². The van der Waals surface area contributed by atoms with E-state index in [0.29, 0.717) is 12.0 Å². The Morgan fingerprint density at radius 1 is 1.05 bits per heavy atom. The van der Waals surface area contributed by atoms with Crippen LogP contribution in [0.5, 0.6) is 0 Å². The summed E-state index contributed by atoms with van der Waals surface area (Å²) in [6.07, 6.45) is 4.96. The highest BCUT2D eigenvalue weighted by atomic mass is 15.1. The van der Waals surface area contributed by atoms with Gasteiger partial charge in [0.05, 0.1) is 0 Å². The molecule has 1 rings (SSSR count). The molecule has 0 saturated heterocycles. The fraction of sp³-hybridized carbons (Fsp3) is 0.733. The Morgan fingerprint density at radius 2 is 1.68 bits per heavy atom. The summed E-state index contributed by atoms with van der Waals surface area (Å²) in [5.41, 5.74) is 1.20. The van der Waals surface area contributed by atoms with Gasteiger partial charge in [-0.25, -0.2) is 9.97 Å². The summed E-state index contributed by atoms with van der Waals surface area (Å²) >= 11 is 0. The van der Waals surface area contributed by atoms with Crippen molar-refractivity contribution in [2.24, 2.45) is 0 Å². The standard InChI is InChI=1S/C15H28N4/c1-6-9-16-14-13(11(4)5)15(18-10-17-14)19-12(7-2)8-3/h10-12H,6-9H2,1-5H3,(H2,16,17,18,19). The number of hydrogen-bond acceptors (Lipinski definition) is 4. The molecule has 0 saturated carbocycles. The lowest BCUT2D eigenvalue weighted by Gasteiger charge is -2.21. The SMILES string of the molecule is CCCNc1ncnc(NC(CC)CC)c1C(C)C. The van der Waals surface area contributed by atoms with E-state index >= 15 is 0 Å². The average Bonchev–Trinajstić information content (AvgIpc) is 2.42. The number of rotatable bonds is 8. The molecule has 0 amide bonds. The molecule has 2 N–H and O–H groups in total. The van der Waals surface area contributed by atoms with Gasteiger partial charge in [0, 0.05) is 18.2 Å². The molecule has 0 aromatic carbocycles. The third kappa shape index (κ3) is 4.37. The number of anilines is 2. The van der Waals surface area contributed by atoms with Crippen molar-refractivity contribution in [1.29, 1.82) is 0 Å². The molecule has 108 valence electrons. The van der Waals surface area contributed by atoms with Gasteiger partial charge in [-0.3, -0.25) is 0 Å². The monoisotopic (exact) mass is 264 g/mol. The van der Waals surface area contributed by atoms with E-state index in [-0.39, 0.29) is 0 Å². The van der Waals surface area contributed by atoms with E-state index in [0.717, 1.165) is 37.4 Å². The Balaban J connectivity index is 3.01. The molecule has 4 heteroatoms. The average molecular weight is 264 g/mol. The third-order valence-electron chi connectivity index (χ3n) is 3.33. The lowest BCUT2D eigenvalue weighted by Crippen LogP contribution is -2.20. The van der Waals surface area contributed by atoms with Crippen LogP contribution < -0.4 is 10.6 Å². The first-order valence-corrected chi connectivity index (χ1v) is 7.49. The van der Waals surface area contributed by atoms with Crippen LogP contribution in [0.1, 0.15) is 65.4 Å². The van der Waals surface area contributed by atoms with Gasteiger partial charge in [-0.2, -0.15) is 0 Å². The number of nitrogens with zero attached hydrogens (tertiary/aromatic N) is 2. The number of hydrogen-bond donors (Lipinski definition) is 2. The molecule has 0 aliphatic heterocycles. The van der Waals surface area contributed by atoms with Crippen molar-refractivity contribution in [3.05, 3.63) is 11.9 Å². The Bertz CT molecular complexity index is 372. The normalized spacial score (nSPS) is 11.1. The lowest BCUT2D eigenvalue weighted by molar-refractivity contribution is 0.664. The molecule has 0 aliphatic carbocycles. The lowest BCUT2D eigenvalue weighted by atomic mass is 10.0. The summed E-state index contributed by atoms with van der Waals surface area (Å²) < 4.78 is 0. The minimum atomic E-state index is 0.400. The summed E-state index contributed by atoms with van der Waals surface area (Å²) in [6.45, 7) is 11.9. The van der Waals surface area contributed by atoms with Crippen molar-refractivity contribution >= 4 is 11.6 Å². The molecule has 19 heavy (non-hydrogen) atoms. The van der Waals surface area contributed by atoms with E-state index in [2.05, 4.69) is 55.2 Å². The van der Waals surface area contributed by atoms with Gasteiger partial charge in [0.15, 0.2) is 0 Å². The summed E-state index contributed by atoms with van der Waals surface area (Å²) in [6, 6.07) is 0.478. The Morgan fingerprint density at radius 3 is 2.21 bits per heavy atom. The van der Waals surface area contributed by atoms with Crippen LogP contribution >= 0.6 is 0 Å². The molecule has 0 radical (unpaired) electrons. The molecule has 0 spiro atoms. The van der Waals surface area contributed by atoms with Crippen molar-refractivity contribution in [3.63, 3.8) is 0 Å². The fourth-order valence-electron chi connectivity index (χ4n) is 2.13. The highest BCUT2D eigenvalue weighted by molar-refractivity contribution is 5.59. The van der Waals surface area contributed by atoms with Crippen molar-refractivity contribution in [1.82, 2.24) is 9.97 Å². The summed E-state index contributed by atoms with van der Waals surface area (Å²) in [4.78, 5) is 8.84. The molecule has 0 aliphatic rings. The van der Waals surface area contributed by atoms with Crippen LogP contribution in [0.3, 0.4) is 0 Å². The van der Waals surface area contributed by atoms with Crippen LogP contribution in [0, 0.1) is 0 Å². The Labute approximate surface area is 117 Å². The van der Waals surface area contributed by atoms with Gasteiger partial charge in [-0.15, -0.1) is 0 Å². The predicted octanol–water partition coefficient (Wildman–Crippen LogP) is 4.02. The highest BCUT2D eigenvalue weighted by Gasteiger charge is 2.16. The number of nitrogens with one attached hydrogen (secondary N) is 2. The maximum absolute atomic E-state index is 4.44. The van der Waals surface area contributed by atoms with E-state index in [4.69, 9.17) is 0 Å². The first-order valence-electron chi connectivity index (χ1n) is 7.49. The second-order valence-corrected chi connectivity index (χ2v) is 5.22. The van der Waals surface area contributed by atoms with E-state index in [1.807, 2.05) is 0 Å². The van der Waals surface area contributed by atoms with Crippen LogP contribution in [0.2, 0.25) is 0 Å². The summed E-state index contributed by atoms with van der Waals surface area (Å²) in [5, 5.41) is 6.96. The van der Waals surface area contributed by atoms with Crippen molar-refractivity contribution in [2.45, 2.75) is 65.8 Å². The minimum absolute atomic E-state index is 0.400. The molecule has 1 aromatic rings. The van der Waals surface area contributed by atoms with E-state index < -0.39 is 0 Å². The zero-order valence-corrected chi connectivity index (χ0v) is 13.0. The van der Waals surface area contributed by atoms with Gasteiger partial charge in [0.2, 0.25) is 0 Å². The molecule has 4 nitrogen and oxygen atoms in total. The zero-order valence-electron chi connectivity index (χ0n) is 13.0. The van der Waals surface area contributed by atoms with Crippen molar-refractivity contribution < 1.29 is 0 Å². The quantitative estimate of drug-likeness (QED) is 0.744. The Kier molecular flexibility index (Phi) is 6.60. The van der Waals surface area contributed by atoms with Gasteiger partial charge in [-0.05, 0) is 25.2 Å². The third-order valence-corrected chi connectivity index (χ3v) is 3.33.